The Labute approximate surface area is 143 Å². The van der Waals surface area contributed by atoms with Crippen molar-refractivity contribution in [2.75, 3.05) is 11.1 Å². The van der Waals surface area contributed by atoms with E-state index in [1.165, 1.54) is 0 Å². The second-order valence-electron chi connectivity index (χ2n) is 3.95. The maximum Gasteiger partial charge on any atom is 0.253 e. The summed E-state index contributed by atoms with van der Waals surface area (Å²) in [6, 6.07) is 14.6. The van der Waals surface area contributed by atoms with Crippen LogP contribution in [-0.4, -0.2) is 5.91 Å². The SMILES string of the molecule is C[CH-]c1ccc(C(=O)Nc2ccccc2N)cc1.[Ho]. The van der Waals surface area contributed by atoms with E-state index in [1.54, 1.807) is 24.3 Å². The second-order valence-corrected chi connectivity index (χ2v) is 3.95. The molecule has 0 aliphatic heterocycles. The number of rotatable bonds is 3. The quantitative estimate of drug-likeness (QED) is 0.470. The van der Waals surface area contributed by atoms with Gasteiger partial charge in [0.1, 0.15) is 0 Å². The molecule has 0 saturated heterocycles. The number of nitrogens with two attached hydrogens (primary N) is 1. The third-order valence-electron chi connectivity index (χ3n) is 2.72. The summed E-state index contributed by atoms with van der Waals surface area (Å²) >= 11 is 0. The Kier molecular flexibility index (Phi) is 6.22. The van der Waals surface area contributed by atoms with Crippen LogP contribution in [0.1, 0.15) is 22.8 Å². The Morgan fingerprint density at radius 3 is 2.32 bits per heavy atom. The molecule has 0 heterocycles. The number of hydrogen-bond donors (Lipinski definition) is 2. The molecule has 3 N–H and O–H groups in total. The van der Waals surface area contributed by atoms with Gasteiger partial charge in [-0.3, -0.25) is 4.79 Å². The molecule has 3 nitrogen and oxygen atoms in total. The molecule has 4 heteroatoms. The Balaban J connectivity index is 0.00000180. The Hall–Kier alpha value is -1.16. The van der Waals surface area contributed by atoms with Crippen LogP contribution in [-0.2, 0) is 0 Å². The first-order valence-electron chi connectivity index (χ1n) is 5.76. The van der Waals surface area contributed by atoms with Gasteiger partial charge in [0, 0.05) is 43.3 Å². The molecule has 0 atom stereocenters. The predicted molar refractivity (Wildman–Crippen MR) is 74.3 cm³/mol. The average Bonchev–Trinajstić information content (AvgIpc) is 2.41. The Morgan fingerprint density at radius 2 is 1.74 bits per heavy atom. The number of nitrogen functional groups attached to an aromatic ring is 1. The topological polar surface area (TPSA) is 55.1 Å². The van der Waals surface area contributed by atoms with E-state index < -0.39 is 0 Å². The Bertz CT molecular complexity index is 552. The average molecular weight is 404 g/mol. The summed E-state index contributed by atoms with van der Waals surface area (Å²) < 4.78 is 0. The van der Waals surface area contributed by atoms with Crippen molar-refractivity contribution in [3.63, 3.8) is 0 Å². The van der Waals surface area contributed by atoms with Crippen LogP contribution >= 0.6 is 0 Å². The van der Waals surface area contributed by atoms with Crippen molar-refractivity contribution in [2.24, 2.45) is 0 Å². The molecular weight excluding hydrogens is 389 g/mol. The van der Waals surface area contributed by atoms with E-state index in [0.29, 0.717) is 16.9 Å². The number of para-hydroxylation sites is 2. The molecule has 0 bridgehead atoms. The second kappa shape index (κ2) is 7.43. The number of carbonyl (C=O) groups is 1. The first kappa shape index (κ1) is 15.9. The fraction of sp³-hybridized carbons (Fsp3) is 0.0667. The number of hydrogen-bond acceptors (Lipinski definition) is 2. The van der Waals surface area contributed by atoms with E-state index in [0.717, 1.165) is 5.56 Å². The minimum atomic E-state index is -0.157. The molecule has 2 rings (SSSR count). The maximum absolute atomic E-state index is 12.0. The normalized spacial score (nSPS) is 9.32. The smallest absolute Gasteiger partial charge is 0.253 e. The largest absolute Gasteiger partial charge is 0.397 e. The zero-order valence-corrected chi connectivity index (χ0v) is 12.4. The predicted octanol–water partition coefficient (Wildman–Crippen LogP) is 3.09. The summed E-state index contributed by atoms with van der Waals surface area (Å²) in [5.74, 6) is -0.157. The van der Waals surface area contributed by atoms with Gasteiger partial charge in [0.2, 0.25) is 0 Å². The molecule has 1 radical (unpaired) electrons. The summed E-state index contributed by atoms with van der Waals surface area (Å²) in [6.45, 7) is 1.96. The molecule has 0 aliphatic carbocycles. The molecule has 0 saturated carbocycles. The summed E-state index contributed by atoms with van der Waals surface area (Å²) in [5.41, 5.74) is 8.67. The molecule has 103 valence electrons. The summed E-state index contributed by atoms with van der Waals surface area (Å²) in [6.07, 6.45) is 1.98. The van der Waals surface area contributed by atoms with Gasteiger partial charge in [-0.15, -0.1) is 12.1 Å². The van der Waals surface area contributed by atoms with Crippen molar-refractivity contribution in [1.82, 2.24) is 0 Å². The van der Waals surface area contributed by atoms with Crippen LogP contribution in [0.3, 0.4) is 0 Å². The number of benzene rings is 2. The molecular formula is C15H15HoN2O-. The van der Waals surface area contributed by atoms with Crippen molar-refractivity contribution < 1.29 is 42.5 Å². The summed E-state index contributed by atoms with van der Waals surface area (Å²) in [4.78, 5) is 12.0. The van der Waals surface area contributed by atoms with E-state index >= 15 is 0 Å². The summed E-state index contributed by atoms with van der Waals surface area (Å²) in [7, 11) is 0. The molecule has 0 aliphatic rings. The van der Waals surface area contributed by atoms with Crippen molar-refractivity contribution in [3.8, 4) is 0 Å². The van der Waals surface area contributed by atoms with E-state index in [9.17, 15) is 4.79 Å². The van der Waals surface area contributed by atoms with E-state index in [-0.39, 0.29) is 43.6 Å². The number of amides is 1. The van der Waals surface area contributed by atoms with Crippen molar-refractivity contribution in [3.05, 3.63) is 66.1 Å². The van der Waals surface area contributed by atoms with Crippen molar-refractivity contribution in [1.29, 1.82) is 0 Å². The van der Waals surface area contributed by atoms with E-state index in [4.69, 9.17) is 5.73 Å². The van der Waals surface area contributed by atoms with Crippen LogP contribution in [0.5, 0.6) is 0 Å². The van der Waals surface area contributed by atoms with Crippen LogP contribution in [0.15, 0.2) is 48.5 Å². The van der Waals surface area contributed by atoms with Gasteiger partial charge in [-0.25, -0.2) is 0 Å². The van der Waals surface area contributed by atoms with E-state index in [2.05, 4.69) is 5.32 Å². The molecule has 2 aromatic rings. The van der Waals surface area contributed by atoms with Crippen LogP contribution in [0.2, 0.25) is 0 Å². The molecule has 2 aromatic carbocycles. The van der Waals surface area contributed by atoms with Crippen LogP contribution < -0.4 is 11.1 Å². The first-order valence-corrected chi connectivity index (χ1v) is 5.76. The fourth-order valence-electron chi connectivity index (χ4n) is 1.63. The van der Waals surface area contributed by atoms with Gasteiger partial charge in [-0.05, 0) is 12.1 Å². The number of anilines is 2. The number of carbonyl (C=O) groups excluding carboxylic acids is 1. The molecule has 0 fully saturated rings. The van der Waals surface area contributed by atoms with E-state index in [1.807, 2.05) is 37.6 Å². The van der Waals surface area contributed by atoms with Gasteiger partial charge >= 0.3 is 0 Å². The van der Waals surface area contributed by atoms with Gasteiger partial charge in [-0.1, -0.05) is 19.1 Å². The third-order valence-corrected chi connectivity index (χ3v) is 2.72. The van der Waals surface area contributed by atoms with Gasteiger partial charge in [0.25, 0.3) is 5.91 Å². The first-order chi connectivity index (χ1) is 8.70. The maximum atomic E-state index is 12.0. The number of nitrogens with one attached hydrogen (secondary N) is 1. The molecule has 0 unspecified atom stereocenters. The van der Waals surface area contributed by atoms with Crippen molar-refractivity contribution in [2.45, 2.75) is 6.92 Å². The van der Waals surface area contributed by atoms with Gasteiger partial charge in [0.15, 0.2) is 0 Å². The minimum absolute atomic E-state index is 0. The molecule has 0 aromatic heterocycles. The minimum Gasteiger partial charge on any atom is -0.397 e. The fourth-order valence-corrected chi connectivity index (χ4v) is 1.63. The third kappa shape index (κ3) is 4.16. The van der Waals surface area contributed by atoms with Crippen LogP contribution in [0, 0.1) is 44.2 Å². The van der Waals surface area contributed by atoms with Gasteiger partial charge in [0.05, 0.1) is 11.4 Å². The molecule has 1 amide bonds. The van der Waals surface area contributed by atoms with Crippen LogP contribution in [0.4, 0.5) is 11.4 Å². The zero-order chi connectivity index (χ0) is 13.0. The van der Waals surface area contributed by atoms with Gasteiger partial charge < -0.3 is 11.1 Å². The Morgan fingerprint density at radius 1 is 1.11 bits per heavy atom. The standard InChI is InChI=1S/C15H15N2O.Ho/c1-2-11-7-9-12(10-8-11)15(18)17-14-6-4-3-5-13(14)16;/h2-10H,16H2,1H3,(H,17,18);/q-1;. The monoisotopic (exact) mass is 404 g/mol. The molecule has 0 spiro atoms. The molecule has 19 heavy (non-hydrogen) atoms. The van der Waals surface area contributed by atoms with Crippen molar-refractivity contribution >= 4 is 17.3 Å². The van der Waals surface area contributed by atoms with Gasteiger partial charge in [-0.2, -0.15) is 24.1 Å². The van der Waals surface area contributed by atoms with Crippen LogP contribution in [0.25, 0.3) is 0 Å². The summed E-state index contributed by atoms with van der Waals surface area (Å²) in [5, 5.41) is 2.79. The zero-order valence-electron chi connectivity index (χ0n) is 10.5.